The van der Waals surface area contributed by atoms with Crippen molar-refractivity contribution in [1.82, 2.24) is 4.98 Å². The van der Waals surface area contributed by atoms with Crippen LogP contribution in [-0.2, 0) is 9.47 Å². The summed E-state index contributed by atoms with van der Waals surface area (Å²) in [4.78, 5) is 16.6. The van der Waals surface area contributed by atoms with E-state index in [4.69, 9.17) is 9.47 Å². The fourth-order valence-electron chi connectivity index (χ4n) is 1.76. The first-order valence-corrected chi connectivity index (χ1v) is 7.98. The van der Waals surface area contributed by atoms with Gasteiger partial charge in [0.05, 0.1) is 12.3 Å². The molecule has 1 heterocycles. The van der Waals surface area contributed by atoms with E-state index in [1.807, 2.05) is 6.92 Å². The van der Waals surface area contributed by atoms with Crippen molar-refractivity contribution in [2.24, 2.45) is 5.92 Å². The van der Waals surface area contributed by atoms with Gasteiger partial charge in [-0.25, -0.2) is 9.78 Å². The minimum atomic E-state index is -0.289. The van der Waals surface area contributed by atoms with Crippen molar-refractivity contribution in [3.05, 3.63) is 10.6 Å². The van der Waals surface area contributed by atoms with E-state index in [0.717, 1.165) is 42.9 Å². The van der Waals surface area contributed by atoms with Gasteiger partial charge in [-0.1, -0.05) is 11.3 Å². The maximum atomic E-state index is 11.7. The molecule has 0 radical (unpaired) electrons. The number of hydrogen-bond acceptors (Lipinski definition) is 6. The van der Waals surface area contributed by atoms with Gasteiger partial charge in [-0.2, -0.15) is 0 Å². The summed E-state index contributed by atoms with van der Waals surface area (Å²) in [5, 5.41) is 4.00. The molecule has 0 saturated heterocycles. The zero-order chi connectivity index (χ0) is 14.4. The van der Waals surface area contributed by atoms with Gasteiger partial charge in [-0.15, -0.1) is 0 Å². The average Bonchev–Trinajstić information content (AvgIpc) is 3.16. The second-order valence-electron chi connectivity index (χ2n) is 4.95. The minimum absolute atomic E-state index is 0.289. The highest BCUT2D eigenvalue weighted by Crippen LogP contribution is 2.28. The van der Waals surface area contributed by atoms with Crippen molar-refractivity contribution in [2.45, 2.75) is 33.1 Å². The lowest BCUT2D eigenvalue weighted by Crippen LogP contribution is -2.06. The molecule has 6 heteroatoms. The molecule has 1 N–H and O–H groups in total. The number of anilines is 1. The van der Waals surface area contributed by atoms with E-state index in [1.165, 1.54) is 24.2 Å². The Labute approximate surface area is 123 Å². The monoisotopic (exact) mass is 298 g/mol. The Morgan fingerprint density at radius 2 is 2.30 bits per heavy atom. The Morgan fingerprint density at radius 3 is 3.00 bits per heavy atom. The summed E-state index contributed by atoms with van der Waals surface area (Å²) < 4.78 is 10.6. The summed E-state index contributed by atoms with van der Waals surface area (Å²) in [5.41, 5.74) is 0.723. The first-order valence-electron chi connectivity index (χ1n) is 7.17. The van der Waals surface area contributed by atoms with Crippen LogP contribution in [0.5, 0.6) is 0 Å². The number of ether oxygens (including phenoxy) is 2. The highest BCUT2D eigenvalue weighted by atomic mass is 32.1. The van der Waals surface area contributed by atoms with Crippen LogP contribution in [0.1, 0.15) is 41.6 Å². The Morgan fingerprint density at radius 1 is 1.50 bits per heavy atom. The summed E-state index contributed by atoms with van der Waals surface area (Å²) in [5.74, 6) is 0.528. The van der Waals surface area contributed by atoms with E-state index in [2.05, 4.69) is 10.3 Å². The largest absolute Gasteiger partial charge is 0.462 e. The summed E-state index contributed by atoms with van der Waals surface area (Å²) in [6.45, 7) is 6.50. The summed E-state index contributed by atoms with van der Waals surface area (Å²) in [6.07, 6.45) is 3.60. The van der Waals surface area contributed by atoms with Gasteiger partial charge in [0.1, 0.15) is 4.88 Å². The lowest BCUT2D eigenvalue weighted by Gasteiger charge is -2.03. The molecule has 0 bridgehead atoms. The quantitative estimate of drug-likeness (QED) is 0.561. The standard InChI is InChI=1S/C14H22N2O3S/c1-3-19-13(17)12-10(2)16-14(20-12)15-7-4-8-18-9-11-5-6-11/h11H,3-9H2,1-2H3,(H,15,16). The van der Waals surface area contributed by atoms with Crippen LogP contribution in [0.25, 0.3) is 0 Å². The molecule has 1 aliphatic carbocycles. The predicted octanol–water partition coefficient (Wildman–Crippen LogP) is 2.86. The molecular weight excluding hydrogens is 276 g/mol. The van der Waals surface area contributed by atoms with Crippen LogP contribution < -0.4 is 5.32 Å². The van der Waals surface area contributed by atoms with Crippen LogP contribution in [0.15, 0.2) is 0 Å². The molecule has 5 nitrogen and oxygen atoms in total. The first-order chi connectivity index (χ1) is 9.70. The molecule has 20 heavy (non-hydrogen) atoms. The highest BCUT2D eigenvalue weighted by Gasteiger charge is 2.20. The van der Waals surface area contributed by atoms with Crippen molar-refractivity contribution < 1.29 is 14.3 Å². The zero-order valence-electron chi connectivity index (χ0n) is 12.1. The highest BCUT2D eigenvalue weighted by molar-refractivity contribution is 7.17. The molecule has 2 rings (SSSR count). The SMILES string of the molecule is CCOC(=O)c1sc(NCCCOCC2CC2)nc1C. The van der Waals surface area contributed by atoms with Crippen molar-refractivity contribution >= 4 is 22.4 Å². The summed E-state index contributed by atoms with van der Waals surface area (Å²) in [6, 6.07) is 0. The maximum absolute atomic E-state index is 11.7. The van der Waals surface area contributed by atoms with Crippen LogP contribution in [-0.4, -0.2) is 37.3 Å². The molecule has 1 aliphatic rings. The number of esters is 1. The number of carbonyl (C=O) groups excluding carboxylic acids is 1. The van der Waals surface area contributed by atoms with Gasteiger partial charge in [0, 0.05) is 19.8 Å². The molecule has 1 aromatic rings. The molecule has 1 saturated carbocycles. The van der Waals surface area contributed by atoms with Gasteiger partial charge in [-0.05, 0) is 39.0 Å². The number of thiazole rings is 1. The van der Waals surface area contributed by atoms with Gasteiger partial charge in [0.2, 0.25) is 0 Å². The zero-order valence-corrected chi connectivity index (χ0v) is 12.9. The lowest BCUT2D eigenvalue weighted by atomic mass is 10.4. The van der Waals surface area contributed by atoms with Crippen LogP contribution in [0.3, 0.4) is 0 Å². The van der Waals surface area contributed by atoms with Gasteiger partial charge >= 0.3 is 5.97 Å². The predicted molar refractivity (Wildman–Crippen MR) is 79.5 cm³/mol. The van der Waals surface area contributed by atoms with E-state index in [9.17, 15) is 4.79 Å². The van der Waals surface area contributed by atoms with Crippen molar-refractivity contribution in [3.63, 3.8) is 0 Å². The molecule has 1 fully saturated rings. The van der Waals surface area contributed by atoms with Crippen LogP contribution in [0, 0.1) is 12.8 Å². The van der Waals surface area contributed by atoms with Gasteiger partial charge in [-0.3, -0.25) is 0 Å². The summed E-state index contributed by atoms with van der Waals surface area (Å²) >= 11 is 1.35. The first kappa shape index (κ1) is 15.3. The number of nitrogens with one attached hydrogen (secondary N) is 1. The number of rotatable bonds is 9. The molecule has 1 aromatic heterocycles. The van der Waals surface area contributed by atoms with E-state index in [1.54, 1.807) is 6.92 Å². The number of hydrogen-bond donors (Lipinski definition) is 1. The smallest absolute Gasteiger partial charge is 0.350 e. The van der Waals surface area contributed by atoms with E-state index in [-0.39, 0.29) is 5.97 Å². The third-order valence-corrected chi connectivity index (χ3v) is 4.14. The average molecular weight is 298 g/mol. The Hall–Kier alpha value is -1.14. The van der Waals surface area contributed by atoms with Crippen LogP contribution in [0.4, 0.5) is 5.13 Å². The van der Waals surface area contributed by atoms with Crippen LogP contribution in [0.2, 0.25) is 0 Å². The Kier molecular flexibility index (Phi) is 5.79. The lowest BCUT2D eigenvalue weighted by molar-refractivity contribution is 0.0531. The van der Waals surface area contributed by atoms with Gasteiger partial charge in [0.15, 0.2) is 5.13 Å². The third-order valence-electron chi connectivity index (χ3n) is 3.05. The van der Waals surface area contributed by atoms with E-state index in [0.29, 0.717) is 11.5 Å². The summed E-state index contributed by atoms with van der Waals surface area (Å²) in [7, 11) is 0. The Bertz CT molecular complexity index is 444. The normalized spacial score (nSPS) is 14.3. The molecule has 0 aromatic carbocycles. The molecule has 0 amide bonds. The second-order valence-corrected chi connectivity index (χ2v) is 5.95. The molecule has 0 spiro atoms. The van der Waals surface area contributed by atoms with Crippen LogP contribution >= 0.6 is 11.3 Å². The molecule has 0 unspecified atom stereocenters. The fourth-order valence-corrected chi connectivity index (χ4v) is 2.65. The van der Waals surface area contributed by atoms with E-state index < -0.39 is 0 Å². The van der Waals surface area contributed by atoms with E-state index >= 15 is 0 Å². The van der Waals surface area contributed by atoms with Gasteiger partial charge in [0.25, 0.3) is 0 Å². The minimum Gasteiger partial charge on any atom is -0.462 e. The maximum Gasteiger partial charge on any atom is 0.350 e. The topological polar surface area (TPSA) is 60.5 Å². The number of aromatic nitrogens is 1. The van der Waals surface area contributed by atoms with Crippen molar-refractivity contribution in [2.75, 3.05) is 31.7 Å². The molecule has 0 atom stereocenters. The van der Waals surface area contributed by atoms with Gasteiger partial charge < -0.3 is 14.8 Å². The number of aryl methyl sites for hydroxylation is 1. The van der Waals surface area contributed by atoms with Crippen molar-refractivity contribution in [1.29, 1.82) is 0 Å². The van der Waals surface area contributed by atoms with Crippen molar-refractivity contribution in [3.8, 4) is 0 Å². The second kappa shape index (κ2) is 7.59. The fraction of sp³-hybridized carbons (Fsp3) is 0.714. The number of nitrogens with zero attached hydrogens (tertiary/aromatic N) is 1. The molecule has 0 aliphatic heterocycles. The molecule has 112 valence electrons. The third kappa shape index (κ3) is 4.76. The Balaban J connectivity index is 1.67. The molecular formula is C14H22N2O3S. The number of carbonyl (C=O) groups is 1.